The molecular formula is C23H25ClN2O4. The Hall–Kier alpha value is -2.99. The molecule has 1 atom stereocenters. The molecule has 0 aliphatic carbocycles. The van der Waals surface area contributed by atoms with Gasteiger partial charge in [-0.25, -0.2) is 9.59 Å². The van der Waals surface area contributed by atoms with Crippen molar-refractivity contribution in [2.24, 2.45) is 0 Å². The molecule has 7 heteroatoms. The quantitative estimate of drug-likeness (QED) is 0.587. The van der Waals surface area contributed by atoms with Crippen LogP contribution in [0.3, 0.4) is 0 Å². The zero-order valence-corrected chi connectivity index (χ0v) is 17.8. The predicted molar refractivity (Wildman–Crippen MR) is 115 cm³/mol. The zero-order valence-electron chi connectivity index (χ0n) is 17.0. The maximum absolute atomic E-state index is 12.5. The molecule has 0 fully saturated rings. The molecule has 0 saturated heterocycles. The van der Waals surface area contributed by atoms with Gasteiger partial charge in [-0.3, -0.25) is 0 Å². The molecule has 3 rings (SSSR count). The van der Waals surface area contributed by atoms with Crippen molar-refractivity contribution in [1.82, 2.24) is 10.6 Å². The van der Waals surface area contributed by atoms with E-state index in [1.807, 2.05) is 48.5 Å². The van der Waals surface area contributed by atoms with E-state index in [-0.39, 0.29) is 6.03 Å². The number of carbonyl (C=O) groups is 2. The number of benzene rings is 2. The topological polar surface area (TPSA) is 76.7 Å². The van der Waals surface area contributed by atoms with Gasteiger partial charge < -0.3 is 20.1 Å². The highest BCUT2D eigenvalue weighted by molar-refractivity contribution is 6.30. The predicted octanol–water partition coefficient (Wildman–Crippen LogP) is 4.89. The largest absolute Gasteiger partial charge is 0.489 e. The Bertz CT molecular complexity index is 923. The molecule has 2 aromatic rings. The lowest BCUT2D eigenvalue weighted by molar-refractivity contribution is -0.136. The molecule has 0 bridgehead atoms. The summed E-state index contributed by atoms with van der Waals surface area (Å²) in [6.07, 6.45) is 2.42. The normalized spacial score (nSPS) is 16.0. The fourth-order valence-electron chi connectivity index (χ4n) is 3.27. The highest BCUT2D eigenvalue weighted by Gasteiger charge is 2.33. The SMILES string of the molecule is CCCCC1=C(C(=O)OC)C(c2ccc(OCc3ccc(Cl)cc3)cc2)NC(=O)N1. The summed E-state index contributed by atoms with van der Waals surface area (Å²) in [5.41, 5.74) is 2.82. The summed E-state index contributed by atoms with van der Waals surface area (Å²) in [4.78, 5) is 24.7. The van der Waals surface area contributed by atoms with Gasteiger partial charge in [0.2, 0.25) is 0 Å². The number of ether oxygens (including phenoxy) is 2. The summed E-state index contributed by atoms with van der Waals surface area (Å²) in [5, 5.41) is 6.27. The second-order valence-electron chi connectivity index (χ2n) is 7.00. The zero-order chi connectivity index (χ0) is 21.5. The Morgan fingerprint density at radius 3 is 2.43 bits per heavy atom. The lowest BCUT2D eigenvalue weighted by Crippen LogP contribution is -2.45. The van der Waals surface area contributed by atoms with Crippen molar-refractivity contribution >= 4 is 23.6 Å². The van der Waals surface area contributed by atoms with Gasteiger partial charge in [0, 0.05) is 10.7 Å². The second-order valence-corrected chi connectivity index (χ2v) is 7.44. The first-order valence-corrected chi connectivity index (χ1v) is 10.3. The van der Waals surface area contributed by atoms with Gasteiger partial charge in [0.15, 0.2) is 0 Å². The summed E-state index contributed by atoms with van der Waals surface area (Å²) in [6, 6.07) is 13.9. The maximum Gasteiger partial charge on any atom is 0.337 e. The molecule has 1 aliphatic rings. The number of hydrogen-bond acceptors (Lipinski definition) is 4. The van der Waals surface area contributed by atoms with Gasteiger partial charge >= 0.3 is 12.0 Å². The van der Waals surface area contributed by atoms with Crippen LogP contribution in [-0.2, 0) is 16.1 Å². The minimum Gasteiger partial charge on any atom is -0.489 e. The lowest BCUT2D eigenvalue weighted by Gasteiger charge is -2.29. The number of unbranched alkanes of at least 4 members (excludes halogenated alkanes) is 1. The number of nitrogens with one attached hydrogen (secondary N) is 2. The third-order valence-electron chi connectivity index (χ3n) is 4.87. The van der Waals surface area contributed by atoms with Gasteiger partial charge in [-0.2, -0.15) is 0 Å². The fourth-order valence-corrected chi connectivity index (χ4v) is 3.40. The van der Waals surface area contributed by atoms with Crippen LogP contribution in [0.1, 0.15) is 43.4 Å². The number of hydrogen-bond donors (Lipinski definition) is 2. The molecule has 0 radical (unpaired) electrons. The molecule has 30 heavy (non-hydrogen) atoms. The van der Waals surface area contributed by atoms with Crippen LogP contribution in [0.15, 0.2) is 59.8 Å². The molecule has 2 N–H and O–H groups in total. The van der Waals surface area contributed by atoms with Crippen LogP contribution in [0.25, 0.3) is 0 Å². The lowest BCUT2D eigenvalue weighted by atomic mass is 9.93. The van der Waals surface area contributed by atoms with E-state index in [1.165, 1.54) is 7.11 Å². The van der Waals surface area contributed by atoms with Gasteiger partial charge in [-0.15, -0.1) is 0 Å². The average Bonchev–Trinajstić information content (AvgIpc) is 2.76. The van der Waals surface area contributed by atoms with Gasteiger partial charge in [-0.05, 0) is 48.2 Å². The van der Waals surface area contributed by atoms with Crippen LogP contribution < -0.4 is 15.4 Å². The molecule has 2 aromatic carbocycles. The van der Waals surface area contributed by atoms with Crippen molar-refractivity contribution in [3.8, 4) is 5.75 Å². The van der Waals surface area contributed by atoms with E-state index >= 15 is 0 Å². The molecule has 0 aromatic heterocycles. The van der Waals surface area contributed by atoms with E-state index in [2.05, 4.69) is 17.6 Å². The summed E-state index contributed by atoms with van der Waals surface area (Å²) >= 11 is 5.90. The summed E-state index contributed by atoms with van der Waals surface area (Å²) in [7, 11) is 1.34. The number of rotatable bonds is 8. The minimum atomic E-state index is -0.580. The highest BCUT2D eigenvalue weighted by atomic mass is 35.5. The minimum absolute atomic E-state index is 0.332. The monoisotopic (exact) mass is 428 g/mol. The first kappa shape index (κ1) is 21.7. The fraction of sp³-hybridized carbons (Fsp3) is 0.304. The summed E-state index contributed by atoms with van der Waals surface area (Å²) in [5.74, 6) is 0.227. The van der Waals surface area contributed by atoms with Crippen LogP contribution in [0.4, 0.5) is 4.79 Å². The van der Waals surface area contributed by atoms with Crippen molar-refractivity contribution in [1.29, 1.82) is 0 Å². The Balaban J connectivity index is 1.79. The Morgan fingerprint density at radius 2 is 1.80 bits per heavy atom. The van der Waals surface area contributed by atoms with E-state index in [9.17, 15) is 9.59 Å². The molecule has 0 saturated carbocycles. The Labute approximate surface area is 181 Å². The van der Waals surface area contributed by atoms with Crippen molar-refractivity contribution in [2.75, 3.05) is 7.11 Å². The third-order valence-corrected chi connectivity index (χ3v) is 5.12. The van der Waals surface area contributed by atoms with Gasteiger partial charge in [-0.1, -0.05) is 49.2 Å². The van der Waals surface area contributed by atoms with Crippen molar-refractivity contribution < 1.29 is 19.1 Å². The molecule has 0 spiro atoms. The van der Waals surface area contributed by atoms with Crippen LogP contribution in [0.5, 0.6) is 5.75 Å². The van der Waals surface area contributed by atoms with Crippen LogP contribution in [0.2, 0.25) is 5.02 Å². The van der Waals surface area contributed by atoms with E-state index in [0.29, 0.717) is 35.1 Å². The number of carbonyl (C=O) groups excluding carboxylic acids is 2. The molecule has 158 valence electrons. The van der Waals surface area contributed by atoms with E-state index < -0.39 is 12.0 Å². The Morgan fingerprint density at radius 1 is 1.10 bits per heavy atom. The third kappa shape index (κ3) is 5.33. The van der Waals surface area contributed by atoms with Gasteiger partial charge in [0.05, 0.1) is 18.7 Å². The van der Waals surface area contributed by atoms with Crippen molar-refractivity contribution in [3.05, 3.63) is 76.0 Å². The summed E-state index contributed by atoms with van der Waals surface area (Å²) in [6.45, 7) is 2.47. The van der Waals surface area contributed by atoms with E-state index in [0.717, 1.165) is 24.0 Å². The second kappa shape index (κ2) is 10.2. The molecule has 1 unspecified atom stereocenters. The van der Waals surface area contributed by atoms with Crippen LogP contribution in [-0.4, -0.2) is 19.1 Å². The number of allylic oxidation sites excluding steroid dienone is 1. The smallest absolute Gasteiger partial charge is 0.337 e. The van der Waals surface area contributed by atoms with E-state index in [4.69, 9.17) is 21.1 Å². The molecule has 6 nitrogen and oxygen atoms in total. The number of methoxy groups -OCH3 is 1. The molecular weight excluding hydrogens is 404 g/mol. The highest BCUT2D eigenvalue weighted by Crippen LogP contribution is 2.30. The van der Waals surface area contributed by atoms with E-state index in [1.54, 1.807) is 0 Å². The first-order valence-electron chi connectivity index (χ1n) is 9.88. The average molecular weight is 429 g/mol. The first-order chi connectivity index (χ1) is 14.5. The molecule has 2 amide bonds. The Kier molecular flexibility index (Phi) is 7.36. The number of halogens is 1. The number of urea groups is 1. The molecule has 1 heterocycles. The van der Waals surface area contributed by atoms with Crippen LogP contribution in [0, 0.1) is 0 Å². The standard InChI is InChI=1S/C23H25ClN2O4/c1-3-4-5-19-20(22(27)29-2)21(26-23(28)25-19)16-8-12-18(13-9-16)30-14-15-6-10-17(24)11-7-15/h6-13,21H,3-5,14H2,1-2H3,(H2,25,26,28). The maximum atomic E-state index is 12.5. The van der Waals surface area contributed by atoms with Crippen molar-refractivity contribution in [3.63, 3.8) is 0 Å². The van der Waals surface area contributed by atoms with Gasteiger partial charge in [0.1, 0.15) is 12.4 Å². The van der Waals surface area contributed by atoms with Crippen molar-refractivity contribution in [2.45, 2.75) is 38.8 Å². The number of amides is 2. The number of esters is 1. The van der Waals surface area contributed by atoms with Gasteiger partial charge in [0.25, 0.3) is 0 Å². The molecule has 1 aliphatic heterocycles. The summed E-state index contributed by atoms with van der Waals surface area (Å²) < 4.78 is 10.8. The van der Waals surface area contributed by atoms with Crippen LogP contribution >= 0.6 is 11.6 Å².